The van der Waals surface area contributed by atoms with E-state index in [1.165, 1.54) is 12.3 Å². The van der Waals surface area contributed by atoms with Gasteiger partial charge in [-0.3, -0.25) is 14.2 Å². The van der Waals surface area contributed by atoms with Gasteiger partial charge in [-0.2, -0.15) is 4.98 Å². The number of rotatable bonds is 6. The maximum absolute atomic E-state index is 12.0. The van der Waals surface area contributed by atoms with Crippen molar-refractivity contribution >= 4 is 17.7 Å². The van der Waals surface area contributed by atoms with E-state index in [1.807, 2.05) is 0 Å². The number of carboxylic acids is 1. The third-order valence-corrected chi connectivity index (χ3v) is 3.61. The fourth-order valence-electron chi connectivity index (χ4n) is 2.27. The fourth-order valence-corrected chi connectivity index (χ4v) is 2.27. The molecule has 2 rings (SSSR count). The summed E-state index contributed by atoms with van der Waals surface area (Å²) in [5.74, 6) is -2.23. The molecule has 0 saturated carbocycles. The highest BCUT2D eigenvalue weighted by molar-refractivity contribution is 5.93. The molecule has 1 aliphatic heterocycles. The van der Waals surface area contributed by atoms with Crippen molar-refractivity contribution in [3.05, 3.63) is 22.7 Å². The SMILES string of the molecule is C.NC(CC(=O)Nc1ccn([C@@H]2O[C@H](CO)[C@H](O)C2O)c(=O)n1)C(=O)O. The number of aliphatic hydroxyl groups excluding tert-OH is 3. The lowest BCUT2D eigenvalue weighted by Gasteiger charge is -2.17. The van der Waals surface area contributed by atoms with Crippen LogP contribution >= 0.6 is 0 Å². The van der Waals surface area contributed by atoms with Gasteiger partial charge in [-0.25, -0.2) is 4.79 Å². The lowest BCUT2D eigenvalue weighted by Crippen LogP contribution is -2.36. The number of nitrogens with one attached hydrogen (secondary N) is 1. The van der Waals surface area contributed by atoms with Gasteiger partial charge in [-0.15, -0.1) is 0 Å². The van der Waals surface area contributed by atoms with E-state index in [0.29, 0.717) is 0 Å². The standard InChI is InChI=1S/C13H18N4O8.CH4/c14-5(12(22)23)3-8(19)15-7-1-2-17(13(24)16-7)11-10(21)9(20)6(4-18)25-11;/h1-2,5-6,9-11,18,20-21H,3-4,14H2,(H,22,23)(H,15,16,19,24);1H4/t5?,6-,9+,10?,11-;/m1./s1. The van der Waals surface area contributed by atoms with Crippen LogP contribution in [0.1, 0.15) is 20.1 Å². The molecule has 1 aromatic heterocycles. The fraction of sp³-hybridized carbons (Fsp3) is 0.571. The molecule has 12 heteroatoms. The molecule has 26 heavy (non-hydrogen) atoms. The average Bonchev–Trinajstić information content (AvgIpc) is 2.82. The molecule has 1 amide bonds. The molecule has 7 N–H and O–H groups in total. The van der Waals surface area contributed by atoms with Crippen LogP contribution in [0.25, 0.3) is 0 Å². The van der Waals surface area contributed by atoms with E-state index < -0.39 is 61.2 Å². The van der Waals surface area contributed by atoms with E-state index in [9.17, 15) is 24.6 Å². The summed E-state index contributed by atoms with van der Waals surface area (Å²) in [6.45, 7) is -0.547. The number of aliphatic hydroxyl groups is 3. The molecule has 1 aromatic rings. The number of aromatic nitrogens is 2. The average molecular weight is 374 g/mol. The number of hydrogen-bond donors (Lipinski definition) is 6. The Morgan fingerprint density at radius 1 is 1.38 bits per heavy atom. The summed E-state index contributed by atoms with van der Waals surface area (Å²) in [6.07, 6.45) is -4.47. The quantitative estimate of drug-likeness (QED) is 0.303. The topological polar surface area (TPSA) is 197 Å². The van der Waals surface area contributed by atoms with Gasteiger partial charge >= 0.3 is 11.7 Å². The van der Waals surface area contributed by atoms with Crippen molar-refractivity contribution < 1.29 is 34.8 Å². The number of carboxylic acid groups (broad SMARTS) is 1. The van der Waals surface area contributed by atoms with Crippen molar-refractivity contribution in [3.63, 3.8) is 0 Å². The Kier molecular flexibility index (Phi) is 7.35. The molecule has 0 radical (unpaired) electrons. The summed E-state index contributed by atoms with van der Waals surface area (Å²) in [4.78, 5) is 37.8. The Morgan fingerprint density at radius 3 is 2.54 bits per heavy atom. The lowest BCUT2D eigenvalue weighted by molar-refractivity contribution is -0.140. The smallest absolute Gasteiger partial charge is 0.351 e. The monoisotopic (exact) mass is 374 g/mol. The van der Waals surface area contributed by atoms with Crippen LogP contribution in [0.3, 0.4) is 0 Å². The van der Waals surface area contributed by atoms with Crippen LogP contribution in [-0.4, -0.2) is 72.8 Å². The number of anilines is 1. The zero-order valence-electron chi connectivity index (χ0n) is 12.8. The summed E-state index contributed by atoms with van der Waals surface area (Å²) in [5, 5.41) is 39.5. The molecule has 1 fully saturated rings. The second-order valence-corrected chi connectivity index (χ2v) is 5.43. The van der Waals surface area contributed by atoms with E-state index in [1.54, 1.807) is 0 Å². The molecule has 0 bridgehead atoms. The van der Waals surface area contributed by atoms with Crippen LogP contribution in [0.15, 0.2) is 17.1 Å². The van der Waals surface area contributed by atoms with Crippen LogP contribution in [-0.2, 0) is 14.3 Å². The predicted molar refractivity (Wildman–Crippen MR) is 87.1 cm³/mol. The normalized spacial score (nSPS) is 26.0. The van der Waals surface area contributed by atoms with E-state index in [0.717, 1.165) is 4.57 Å². The van der Waals surface area contributed by atoms with Gasteiger partial charge < -0.3 is 36.2 Å². The number of nitrogens with zero attached hydrogens (tertiary/aromatic N) is 2. The summed E-state index contributed by atoms with van der Waals surface area (Å²) >= 11 is 0. The Labute approximate surface area is 147 Å². The number of carbonyl (C=O) groups excluding carboxylic acids is 1. The number of aliphatic carboxylic acids is 1. The molecule has 5 atom stereocenters. The maximum atomic E-state index is 12.0. The van der Waals surface area contributed by atoms with Crippen molar-refractivity contribution in [3.8, 4) is 0 Å². The molecular weight excluding hydrogens is 352 g/mol. The van der Waals surface area contributed by atoms with Crippen molar-refractivity contribution in [2.75, 3.05) is 11.9 Å². The molecule has 0 aromatic carbocycles. The third kappa shape index (κ3) is 4.62. The molecule has 2 unspecified atom stereocenters. The van der Waals surface area contributed by atoms with Crippen molar-refractivity contribution in [1.29, 1.82) is 0 Å². The highest BCUT2D eigenvalue weighted by Crippen LogP contribution is 2.28. The van der Waals surface area contributed by atoms with Gasteiger partial charge in [-0.05, 0) is 6.07 Å². The van der Waals surface area contributed by atoms with E-state index in [2.05, 4.69) is 10.3 Å². The van der Waals surface area contributed by atoms with Crippen molar-refractivity contribution in [2.24, 2.45) is 5.73 Å². The molecule has 146 valence electrons. The van der Waals surface area contributed by atoms with Crippen molar-refractivity contribution in [2.45, 2.75) is 44.4 Å². The number of ether oxygens (including phenoxy) is 1. The van der Waals surface area contributed by atoms with Crippen LogP contribution in [0.5, 0.6) is 0 Å². The van der Waals surface area contributed by atoms with Crippen LogP contribution < -0.4 is 16.7 Å². The van der Waals surface area contributed by atoms with Gasteiger partial charge in [0.25, 0.3) is 0 Å². The first-order valence-electron chi connectivity index (χ1n) is 7.24. The zero-order valence-corrected chi connectivity index (χ0v) is 12.8. The Balaban J connectivity index is 0.00000338. The van der Waals surface area contributed by atoms with Crippen LogP contribution in [0.4, 0.5) is 5.82 Å². The molecular formula is C14H22N4O8. The minimum absolute atomic E-state index is 0. The van der Waals surface area contributed by atoms with Gasteiger partial charge in [0.05, 0.1) is 13.0 Å². The molecule has 0 spiro atoms. The van der Waals surface area contributed by atoms with Crippen LogP contribution in [0, 0.1) is 0 Å². The number of carbonyl (C=O) groups is 2. The second kappa shape index (κ2) is 8.82. The molecule has 1 aliphatic rings. The Bertz CT molecular complexity index is 708. The maximum Gasteiger partial charge on any atom is 0.351 e. The van der Waals surface area contributed by atoms with Crippen LogP contribution in [0.2, 0.25) is 0 Å². The van der Waals surface area contributed by atoms with Gasteiger partial charge in [-0.1, -0.05) is 7.43 Å². The first kappa shape index (κ1) is 21.7. The van der Waals surface area contributed by atoms with E-state index in [4.69, 9.17) is 20.7 Å². The largest absolute Gasteiger partial charge is 0.480 e. The molecule has 12 nitrogen and oxygen atoms in total. The highest BCUT2D eigenvalue weighted by Gasteiger charge is 2.43. The minimum Gasteiger partial charge on any atom is -0.480 e. The second-order valence-electron chi connectivity index (χ2n) is 5.43. The van der Waals surface area contributed by atoms with Gasteiger partial charge in [0.1, 0.15) is 30.2 Å². The molecule has 0 aliphatic carbocycles. The number of hydrogen-bond acceptors (Lipinski definition) is 9. The van der Waals surface area contributed by atoms with Gasteiger partial charge in [0.15, 0.2) is 6.23 Å². The van der Waals surface area contributed by atoms with E-state index >= 15 is 0 Å². The number of nitrogens with two attached hydrogens (primary N) is 1. The molecule has 1 saturated heterocycles. The third-order valence-electron chi connectivity index (χ3n) is 3.61. The summed E-state index contributed by atoms with van der Waals surface area (Å²) in [7, 11) is 0. The van der Waals surface area contributed by atoms with Crippen molar-refractivity contribution in [1.82, 2.24) is 9.55 Å². The Hall–Kier alpha value is -2.38. The zero-order chi connectivity index (χ0) is 18.7. The van der Waals surface area contributed by atoms with Gasteiger partial charge in [0, 0.05) is 6.20 Å². The first-order chi connectivity index (χ1) is 11.7. The Morgan fingerprint density at radius 2 is 2.04 bits per heavy atom. The summed E-state index contributed by atoms with van der Waals surface area (Å²) in [6, 6.07) is -0.167. The lowest BCUT2D eigenvalue weighted by atomic mass is 10.1. The highest BCUT2D eigenvalue weighted by atomic mass is 16.6. The van der Waals surface area contributed by atoms with E-state index in [-0.39, 0.29) is 13.2 Å². The predicted octanol–water partition coefficient (Wildman–Crippen LogP) is -2.77. The number of amides is 1. The summed E-state index contributed by atoms with van der Waals surface area (Å²) in [5.41, 5.74) is 4.33. The summed E-state index contributed by atoms with van der Waals surface area (Å²) < 4.78 is 6.10. The molecule has 2 heterocycles. The first-order valence-corrected chi connectivity index (χ1v) is 7.24. The van der Waals surface area contributed by atoms with Gasteiger partial charge in [0.2, 0.25) is 5.91 Å². The minimum atomic E-state index is -1.45.